The molecule has 1 heterocycles. The van der Waals surface area contributed by atoms with E-state index in [-0.39, 0.29) is 35.6 Å². The van der Waals surface area contributed by atoms with Gasteiger partial charge in [0.05, 0.1) is 11.5 Å². The van der Waals surface area contributed by atoms with Crippen LogP contribution in [-0.4, -0.2) is 46.0 Å². The average Bonchev–Trinajstić information content (AvgIpc) is 2.86. The van der Waals surface area contributed by atoms with Crippen LogP contribution in [-0.2, 0) is 9.84 Å². The Kier molecular flexibility index (Phi) is 8.49. The minimum Gasteiger partial charge on any atom is -0.356 e. The monoisotopic (exact) mass is 465 g/mol. The number of halogens is 1. The number of hydrogen-bond acceptors (Lipinski definition) is 3. The molecule has 1 aliphatic heterocycles. The maximum absolute atomic E-state index is 11.5. The van der Waals surface area contributed by atoms with Crippen molar-refractivity contribution in [2.45, 2.75) is 26.2 Å². The first-order valence-corrected chi connectivity index (χ1v) is 9.93. The average molecular weight is 465 g/mol. The van der Waals surface area contributed by atoms with Crippen LogP contribution in [0.2, 0.25) is 0 Å². The van der Waals surface area contributed by atoms with Crippen LogP contribution in [0.25, 0.3) is 0 Å². The summed E-state index contributed by atoms with van der Waals surface area (Å²) in [5.41, 5.74) is 2.56. The molecule has 1 aromatic carbocycles. The van der Waals surface area contributed by atoms with Crippen molar-refractivity contribution in [3.05, 3.63) is 35.4 Å². The van der Waals surface area contributed by atoms with Crippen LogP contribution in [0.1, 0.15) is 30.4 Å². The van der Waals surface area contributed by atoms with Gasteiger partial charge in [0.2, 0.25) is 0 Å². The highest BCUT2D eigenvalue weighted by atomic mass is 127. The lowest BCUT2D eigenvalue weighted by atomic mass is 9.99. The minimum absolute atomic E-state index is 0. The van der Waals surface area contributed by atoms with E-state index in [4.69, 9.17) is 0 Å². The standard InChI is InChI=1S/C17H27N3O2S.HI/c1-13-5-4-6-16(9-13)14(2)10-19-17(18-3)20-11-15-7-8-23(21,22)12-15;/h4-6,9,14-15H,7-8,10-12H2,1-3H3,(H2,18,19,20);1H. The lowest BCUT2D eigenvalue weighted by molar-refractivity contribution is 0.565. The molecule has 0 aromatic heterocycles. The zero-order valence-electron chi connectivity index (χ0n) is 14.6. The van der Waals surface area contributed by atoms with Crippen LogP contribution in [0.15, 0.2) is 29.3 Å². The number of benzene rings is 1. The van der Waals surface area contributed by atoms with Crippen molar-refractivity contribution in [2.24, 2.45) is 10.9 Å². The van der Waals surface area contributed by atoms with E-state index in [1.165, 1.54) is 11.1 Å². The molecular weight excluding hydrogens is 437 g/mol. The number of hydrogen-bond donors (Lipinski definition) is 2. The van der Waals surface area contributed by atoms with Crippen LogP contribution in [0.5, 0.6) is 0 Å². The van der Waals surface area contributed by atoms with E-state index in [2.05, 4.69) is 53.7 Å². The molecule has 0 amide bonds. The van der Waals surface area contributed by atoms with Crippen LogP contribution >= 0.6 is 24.0 Å². The molecule has 1 fully saturated rings. The summed E-state index contributed by atoms with van der Waals surface area (Å²) in [6, 6.07) is 8.51. The Morgan fingerprint density at radius 1 is 1.38 bits per heavy atom. The molecule has 2 unspecified atom stereocenters. The van der Waals surface area contributed by atoms with Crippen LogP contribution in [0, 0.1) is 12.8 Å². The largest absolute Gasteiger partial charge is 0.356 e. The van der Waals surface area contributed by atoms with Crippen molar-refractivity contribution < 1.29 is 8.42 Å². The van der Waals surface area contributed by atoms with Gasteiger partial charge in [0, 0.05) is 20.1 Å². The molecule has 2 rings (SSSR count). The molecule has 2 atom stereocenters. The predicted octanol–water partition coefficient (Wildman–Crippen LogP) is 2.32. The van der Waals surface area contributed by atoms with Crippen LogP contribution in [0.3, 0.4) is 0 Å². The second-order valence-electron chi connectivity index (χ2n) is 6.42. The van der Waals surface area contributed by atoms with Gasteiger partial charge in [-0.2, -0.15) is 0 Å². The Bertz CT molecular complexity index is 662. The maximum Gasteiger partial charge on any atom is 0.191 e. The number of rotatable bonds is 5. The van der Waals surface area contributed by atoms with Gasteiger partial charge in [-0.1, -0.05) is 36.8 Å². The molecule has 0 bridgehead atoms. The van der Waals surface area contributed by atoms with Gasteiger partial charge in [0.25, 0.3) is 0 Å². The molecule has 1 saturated heterocycles. The molecule has 1 aromatic rings. The summed E-state index contributed by atoms with van der Waals surface area (Å²) in [6.07, 6.45) is 0.742. The summed E-state index contributed by atoms with van der Waals surface area (Å²) in [6.45, 7) is 5.71. The van der Waals surface area contributed by atoms with Crippen molar-refractivity contribution in [1.29, 1.82) is 0 Å². The number of nitrogens with zero attached hydrogens (tertiary/aromatic N) is 1. The smallest absolute Gasteiger partial charge is 0.191 e. The highest BCUT2D eigenvalue weighted by molar-refractivity contribution is 14.0. The highest BCUT2D eigenvalue weighted by Crippen LogP contribution is 2.17. The normalized spacial score (nSPS) is 21.0. The molecule has 24 heavy (non-hydrogen) atoms. The Hall–Kier alpha value is -0.830. The van der Waals surface area contributed by atoms with Gasteiger partial charge in [-0.3, -0.25) is 4.99 Å². The highest BCUT2D eigenvalue weighted by Gasteiger charge is 2.27. The quantitative estimate of drug-likeness (QED) is 0.398. The first kappa shape index (κ1) is 21.2. The predicted molar refractivity (Wildman–Crippen MR) is 111 cm³/mol. The zero-order chi connectivity index (χ0) is 16.9. The topological polar surface area (TPSA) is 70.6 Å². The fourth-order valence-electron chi connectivity index (χ4n) is 2.84. The van der Waals surface area contributed by atoms with Crippen molar-refractivity contribution in [3.8, 4) is 0 Å². The van der Waals surface area contributed by atoms with E-state index >= 15 is 0 Å². The maximum atomic E-state index is 11.5. The molecule has 2 N–H and O–H groups in total. The van der Waals surface area contributed by atoms with Gasteiger partial charge in [0.1, 0.15) is 0 Å². The van der Waals surface area contributed by atoms with Crippen LogP contribution in [0.4, 0.5) is 0 Å². The van der Waals surface area contributed by atoms with E-state index in [9.17, 15) is 8.42 Å². The minimum atomic E-state index is -2.82. The van der Waals surface area contributed by atoms with E-state index in [1.54, 1.807) is 7.05 Å². The molecule has 0 radical (unpaired) electrons. The lowest BCUT2D eigenvalue weighted by Crippen LogP contribution is -2.41. The summed E-state index contributed by atoms with van der Waals surface area (Å²) in [4.78, 5) is 4.21. The summed E-state index contributed by atoms with van der Waals surface area (Å²) >= 11 is 0. The van der Waals surface area contributed by atoms with E-state index in [0.717, 1.165) is 18.9 Å². The molecule has 1 aliphatic rings. The SMILES string of the molecule is CN=C(NCC1CCS(=O)(=O)C1)NCC(C)c1cccc(C)c1.I. The molecular formula is C17H28IN3O2S. The third kappa shape index (κ3) is 6.58. The van der Waals surface area contributed by atoms with E-state index < -0.39 is 9.84 Å². The van der Waals surface area contributed by atoms with E-state index in [0.29, 0.717) is 18.2 Å². The van der Waals surface area contributed by atoms with Gasteiger partial charge in [-0.05, 0) is 30.7 Å². The van der Waals surface area contributed by atoms with Crippen molar-refractivity contribution in [1.82, 2.24) is 10.6 Å². The second kappa shape index (κ2) is 9.60. The number of aliphatic imine (C=N–C) groups is 1. The number of aryl methyl sites for hydroxylation is 1. The molecule has 7 heteroatoms. The third-order valence-corrected chi connectivity index (χ3v) is 6.13. The first-order chi connectivity index (χ1) is 10.9. The van der Waals surface area contributed by atoms with Gasteiger partial charge in [-0.15, -0.1) is 24.0 Å². The summed E-state index contributed by atoms with van der Waals surface area (Å²) in [5.74, 6) is 1.90. The molecule has 0 spiro atoms. The number of sulfone groups is 1. The second-order valence-corrected chi connectivity index (χ2v) is 8.65. The third-order valence-electron chi connectivity index (χ3n) is 4.30. The number of guanidine groups is 1. The molecule has 5 nitrogen and oxygen atoms in total. The summed E-state index contributed by atoms with van der Waals surface area (Å²) in [5, 5.41) is 6.56. The Morgan fingerprint density at radius 2 is 2.12 bits per heavy atom. The van der Waals surface area contributed by atoms with Gasteiger partial charge in [-0.25, -0.2) is 8.42 Å². The van der Waals surface area contributed by atoms with Gasteiger partial charge < -0.3 is 10.6 Å². The number of nitrogens with one attached hydrogen (secondary N) is 2. The van der Waals surface area contributed by atoms with Gasteiger partial charge >= 0.3 is 0 Å². The Labute approximate surface area is 162 Å². The van der Waals surface area contributed by atoms with Crippen LogP contribution < -0.4 is 10.6 Å². The molecule has 0 aliphatic carbocycles. The van der Waals surface area contributed by atoms with E-state index in [1.807, 2.05) is 0 Å². The van der Waals surface area contributed by atoms with Crippen molar-refractivity contribution in [2.75, 3.05) is 31.6 Å². The molecule has 0 saturated carbocycles. The first-order valence-electron chi connectivity index (χ1n) is 8.11. The van der Waals surface area contributed by atoms with Crippen molar-refractivity contribution in [3.63, 3.8) is 0 Å². The lowest BCUT2D eigenvalue weighted by Gasteiger charge is -2.18. The zero-order valence-corrected chi connectivity index (χ0v) is 17.7. The molecule has 136 valence electrons. The fraction of sp³-hybridized carbons (Fsp3) is 0.588. The fourth-order valence-corrected chi connectivity index (χ4v) is 4.70. The van der Waals surface area contributed by atoms with Gasteiger partial charge in [0.15, 0.2) is 15.8 Å². The van der Waals surface area contributed by atoms with Crippen molar-refractivity contribution >= 4 is 39.8 Å². The summed E-state index contributed by atoms with van der Waals surface area (Å²) < 4.78 is 23.0. The summed E-state index contributed by atoms with van der Waals surface area (Å²) in [7, 11) is -1.08. The Balaban J connectivity index is 0.00000288. The Morgan fingerprint density at radius 3 is 2.71 bits per heavy atom.